The zero-order valence-corrected chi connectivity index (χ0v) is 12.1. The number of Topliss-reactive ketones (excluding diaryl/α,β-unsaturated/α-hetero) is 1. The maximum absolute atomic E-state index is 11.7. The average molecular weight is 286 g/mol. The molecule has 98 valence electrons. The number of benzene rings is 1. The van der Waals surface area contributed by atoms with Crippen LogP contribution in [-0.2, 0) is 10.3 Å². The molecule has 0 saturated heterocycles. The molecule has 0 radical (unpaired) electrons. The lowest BCUT2D eigenvalue weighted by molar-refractivity contribution is -0.119. The Balaban J connectivity index is 2.06. The predicted octanol–water partition coefficient (Wildman–Crippen LogP) is 3.80. The van der Waals surface area contributed by atoms with Crippen LogP contribution in [0.1, 0.15) is 32.3 Å². The molecule has 1 aliphatic carbocycles. The number of nitrogens with one attached hydrogen (secondary N) is 1. The fourth-order valence-electron chi connectivity index (χ4n) is 1.87. The minimum atomic E-state index is -0.320. The highest BCUT2D eigenvalue weighted by Crippen LogP contribution is 2.30. The molecule has 1 saturated carbocycles. The van der Waals surface area contributed by atoms with E-state index in [9.17, 15) is 4.79 Å². The SMILES string of the molecule is CC(C)(NCC(=O)C1CC1)c1cc(Cl)cc(Cl)c1. The van der Waals surface area contributed by atoms with Crippen molar-refractivity contribution in [1.29, 1.82) is 0 Å². The number of carbonyl (C=O) groups excluding carboxylic acids is 1. The van der Waals surface area contributed by atoms with Crippen LogP contribution in [0.3, 0.4) is 0 Å². The van der Waals surface area contributed by atoms with E-state index in [1.165, 1.54) is 0 Å². The molecule has 2 rings (SSSR count). The zero-order chi connectivity index (χ0) is 13.3. The zero-order valence-electron chi connectivity index (χ0n) is 10.6. The molecule has 1 N–H and O–H groups in total. The van der Waals surface area contributed by atoms with Crippen LogP contribution >= 0.6 is 23.2 Å². The molecule has 0 bridgehead atoms. The summed E-state index contributed by atoms with van der Waals surface area (Å²) in [5.74, 6) is 0.590. The van der Waals surface area contributed by atoms with Gasteiger partial charge in [0.1, 0.15) is 5.78 Å². The standard InChI is InChI=1S/C14H17Cl2NO/c1-14(2,17-8-13(18)9-3-4-9)10-5-11(15)7-12(16)6-10/h5-7,9,17H,3-4,8H2,1-2H3. The highest BCUT2D eigenvalue weighted by Gasteiger charge is 2.30. The Morgan fingerprint density at radius 1 is 1.28 bits per heavy atom. The molecule has 4 heteroatoms. The molecule has 18 heavy (non-hydrogen) atoms. The largest absolute Gasteiger partial charge is 0.301 e. The predicted molar refractivity (Wildman–Crippen MR) is 75.2 cm³/mol. The molecule has 0 atom stereocenters. The summed E-state index contributed by atoms with van der Waals surface area (Å²) in [5, 5.41) is 4.51. The molecule has 0 unspecified atom stereocenters. The highest BCUT2D eigenvalue weighted by molar-refractivity contribution is 6.34. The number of halogens is 2. The van der Waals surface area contributed by atoms with Crippen molar-refractivity contribution in [2.75, 3.05) is 6.54 Å². The van der Waals surface area contributed by atoms with E-state index in [1.54, 1.807) is 6.07 Å². The van der Waals surface area contributed by atoms with Crippen molar-refractivity contribution in [2.24, 2.45) is 5.92 Å². The normalized spacial score (nSPS) is 15.8. The third-order valence-corrected chi connectivity index (χ3v) is 3.76. The molecule has 1 aromatic rings. The summed E-state index contributed by atoms with van der Waals surface area (Å²) < 4.78 is 0. The van der Waals surface area contributed by atoms with E-state index in [0.717, 1.165) is 18.4 Å². The van der Waals surface area contributed by atoms with Gasteiger partial charge >= 0.3 is 0 Å². The van der Waals surface area contributed by atoms with E-state index in [1.807, 2.05) is 26.0 Å². The van der Waals surface area contributed by atoms with Gasteiger partial charge in [-0.15, -0.1) is 0 Å². The van der Waals surface area contributed by atoms with Gasteiger partial charge in [-0.2, -0.15) is 0 Å². The second-order valence-corrected chi connectivity index (χ2v) is 6.25. The molecule has 1 aromatic carbocycles. The van der Waals surface area contributed by atoms with Gasteiger partial charge in [0.05, 0.1) is 6.54 Å². The second-order valence-electron chi connectivity index (χ2n) is 5.38. The molecule has 1 fully saturated rings. The van der Waals surface area contributed by atoms with Crippen LogP contribution in [0.4, 0.5) is 0 Å². The fraction of sp³-hybridized carbons (Fsp3) is 0.500. The van der Waals surface area contributed by atoms with Crippen LogP contribution in [0.15, 0.2) is 18.2 Å². The smallest absolute Gasteiger partial charge is 0.149 e. The first-order chi connectivity index (χ1) is 8.38. The molecule has 0 amide bonds. The Morgan fingerprint density at radius 3 is 2.33 bits per heavy atom. The van der Waals surface area contributed by atoms with Gasteiger partial charge in [-0.25, -0.2) is 0 Å². The molecule has 2 nitrogen and oxygen atoms in total. The summed E-state index contributed by atoms with van der Waals surface area (Å²) in [7, 11) is 0. The van der Waals surface area contributed by atoms with Crippen molar-refractivity contribution in [3.8, 4) is 0 Å². The van der Waals surface area contributed by atoms with Crippen molar-refractivity contribution in [3.05, 3.63) is 33.8 Å². The summed E-state index contributed by atoms with van der Waals surface area (Å²) in [6.07, 6.45) is 2.09. The van der Waals surface area contributed by atoms with E-state index >= 15 is 0 Å². The van der Waals surface area contributed by atoms with Crippen LogP contribution < -0.4 is 5.32 Å². The second kappa shape index (κ2) is 5.20. The first kappa shape index (κ1) is 13.9. The maximum atomic E-state index is 11.7. The molecule has 1 aliphatic rings. The first-order valence-electron chi connectivity index (χ1n) is 6.13. The third-order valence-electron chi connectivity index (χ3n) is 3.32. The van der Waals surface area contributed by atoms with Crippen LogP contribution in [0.25, 0.3) is 0 Å². The lowest BCUT2D eigenvalue weighted by Gasteiger charge is -2.27. The Bertz CT molecular complexity index is 447. The molecule has 0 aromatic heterocycles. The van der Waals surface area contributed by atoms with Gasteiger partial charge in [-0.05, 0) is 50.5 Å². The van der Waals surface area contributed by atoms with Gasteiger partial charge in [0.25, 0.3) is 0 Å². The van der Waals surface area contributed by atoms with Gasteiger partial charge in [0.2, 0.25) is 0 Å². The van der Waals surface area contributed by atoms with E-state index in [4.69, 9.17) is 23.2 Å². The van der Waals surface area contributed by atoms with E-state index < -0.39 is 0 Å². The van der Waals surface area contributed by atoms with Crippen molar-refractivity contribution in [2.45, 2.75) is 32.2 Å². The number of rotatable bonds is 5. The number of ketones is 1. The Morgan fingerprint density at radius 2 is 1.83 bits per heavy atom. The Kier molecular flexibility index (Phi) is 4.00. The molecule has 0 heterocycles. The number of hydrogen-bond acceptors (Lipinski definition) is 2. The van der Waals surface area contributed by atoms with Crippen molar-refractivity contribution in [3.63, 3.8) is 0 Å². The van der Waals surface area contributed by atoms with Gasteiger partial charge in [-0.1, -0.05) is 23.2 Å². The molecular formula is C14H17Cl2NO. The van der Waals surface area contributed by atoms with Crippen molar-refractivity contribution < 1.29 is 4.79 Å². The summed E-state index contributed by atoms with van der Waals surface area (Å²) in [4.78, 5) is 11.7. The van der Waals surface area contributed by atoms with E-state index in [2.05, 4.69) is 5.32 Å². The summed E-state index contributed by atoms with van der Waals surface area (Å²) in [6, 6.07) is 5.46. The Labute approximate surface area is 118 Å². The van der Waals surface area contributed by atoms with Crippen LogP contribution in [0, 0.1) is 5.92 Å². The molecular weight excluding hydrogens is 269 g/mol. The lowest BCUT2D eigenvalue weighted by atomic mass is 9.94. The highest BCUT2D eigenvalue weighted by atomic mass is 35.5. The number of hydrogen-bond donors (Lipinski definition) is 1. The van der Waals surface area contributed by atoms with Gasteiger partial charge in [0.15, 0.2) is 0 Å². The van der Waals surface area contributed by atoms with E-state index in [-0.39, 0.29) is 11.5 Å². The van der Waals surface area contributed by atoms with Crippen LogP contribution in [-0.4, -0.2) is 12.3 Å². The van der Waals surface area contributed by atoms with Crippen LogP contribution in [0.5, 0.6) is 0 Å². The van der Waals surface area contributed by atoms with Gasteiger partial charge in [-0.3, -0.25) is 4.79 Å². The Hall–Kier alpha value is -0.570. The summed E-state index contributed by atoms with van der Waals surface area (Å²) >= 11 is 12.0. The maximum Gasteiger partial charge on any atom is 0.149 e. The molecule has 0 spiro atoms. The van der Waals surface area contributed by atoms with Crippen molar-refractivity contribution >= 4 is 29.0 Å². The lowest BCUT2D eigenvalue weighted by Crippen LogP contribution is -2.40. The van der Waals surface area contributed by atoms with E-state index in [0.29, 0.717) is 22.4 Å². The van der Waals surface area contributed by atoms with Gasteiger partial charge in [0, 0.05) is 21.5 Å². The third kappa shape index (κ3) is 3.47. The quantitative estimate of drug-likeness (QED) is 0.892. The van der Waals surface area contributed by atoms with Gasteiger partial charge < -0.3 is 5.32 Å². The minimum Gasteiger partial charge on any atom is -0.301 e. The minimum absolute atomic E-state index is 0.288. The average Bonchev–Trinajstić information content (AvgIpc) is 3.08. The molecule has 0 aliphatic heterocycles. The van der Waals surface area contributed by atoms with Crippen molar-refractivity contribution in [1.82, 2.24) is 5.32 Å². The topological polar surface area (TPSA) is 29.1 Å². The van der Waals surface area contributed by atoms with Crippen LogP contribution in [0.2, 0.25) is 10.0 Å². The summed E-state index contributed by atoms with van der Waals surface area (Å²) in [5.41, 5.74) is 0.669. The first-order valence-corrected chi connectivity index (χ1v) is 6.88. The summed E-state index contributed by atoms with van der Waals surface area (Å²) in [6.45, 7) is 4.45. The fourth-order valence-corrected chi connectivity index (χ4v) is 2.40. The monoisotopic (exact) mass is 285 g/mol. The number of carbonyl (C=O) groups is 1.